The molecule has 0 aliphatic carbocycles. The average molecular weight is 233 g/mol. The summed E-state index contributed by atoms with van der Waals surface area (Å²) in [6.07, 6.45) is 24.6. The lowest BCUT2D eigenvalue weighted by Crippen LogP contribution is -1.81. The van der Waals surface area contributed by atoms with E-state index in [2.05, 4.69) is 32.1 Å². The van der Waals surface area contributed by atoms with Gasteiger partial charge in [-0.3, -0.25) is 0 Å². The maximum absolute atomic E-state index is 3.63. The van der Waals surface area contributed by atoms with Crippen LogP contribution >= 0.6 is 0 Å². The molecule has 17 heavy (non-hydrogen) atoms. The van der Waals surface area contributed by atoms with Crippen molar-refractivity contribution < 1.29 is 0 Å². The Bertz CT molecular complexity index is 198. The van der Waals surface area contributed by atoms with Crippen molar-refractivity contribution in [2.45, 2.75) is 64.7 Å². The van der Waals surface area contributed by atoms with Crippen LogP contribution in [0.15, 0.2) is 37.0 Å². The maximum Gasteiger partial charge on any atom is -0.0348 e. The molecule has 0 heteroatoms. The molecule has 0 heterocycles. The van der Waals surface area contributed by atoms with Crippen molar-refractivity contribution in [3.8, 4) is 0 Å². The third kappa shape index (κ3) is 15.2. The van der Waals surface area contributed by atoms with Gasteiger partial charge in [0.25, 0.3) is 0 Å². The van der Waals surface area contributed by atoms with E-state index in [0.717, 1.165) is 0 Å². The minimum absolute atomic E-state index is 1.21. The first-order valence-electron chi connectivity index (χ1n) is 7.17. The van der Waals surface area contributed by atoms with E-state index in [1.54, 1.807) is 6.08 Å². The molecule has 0 saturated heterocycles. The summed E-state index contributed by atoms with van der Waals surface area (Å²) in [5.41, 5.74) is 0. The first kappa shape index (κ1) is 16.2. The standard InChI is InChI=1S/C17H29/c1-3-5-7-9-11-13-15-17-16-14-12-10-8-6-4-2/h3,5,7-9,11H,1,4,6,10,12-17H2,2H3. The lowest BCUT2D eigenvalue weighted by atomic mass is 10.1. The monoisotopic (exact) mass is 233 g/mol. The molecule has 97 valence electrons. The van der Waals surface area contributed by atoms with Crippen LogP contribution in [-0.2, 0) is 0 Å². The molecule has 0 N–H and O–H groups in total. The summed E-state index contributed by atoms with van der Waals surface area (Å²) in [5, 5.41) is 0. The highest BCUT2D eigenvalue weighted by molar-refractivity contribution is 5.08. The molecule has 0 atom stereocenters. The molecular formula is C17H29. The van der Waals surface area contributed by atoms with Crippen LogP contribution in [0.4, 0.5) is 0 Å². The largest absolute Gasteiger partial charge is 0.0991 e. The molecule has 0 aliphatic rings. The quantitative estimate of drug-likeness (QED) is 0.285. The fourth-order valence-corrected chi connectivity index (χ4v) is 1.75. The molecule has 0 bridgehead atoms. The number of unbranched alkanes of at least 4 members (excludes halogenated alkanes) is 9. The van der Waals surface area contributed by atoms with Crippen LogP contribution < -0.4 is 0 Å². The second-order valence-electron chi connectivity index (χ2n) is 4.47. The van der Waals surface area contributed by atoms with Gasteiger partial charge in [-0.2, -0.15) is 0 Å². The Labute approximate surface area is 109 Å². The summed E-state index contributed by atoms with van der Waals surface area (Å²) in [7, 11) is 0. The summed E-state index contributed by atoms with van der Waals surface area (Å²) in [6, 6.07) is 0. The van der Waals surface area contributed by atoms with Gasteiger partial charge < -0.3 is 0 Å². The zero-order valence-corrected chi connectivity index (χ0v) is 11.5. The topological polar surface area (TPSA) is 0 Å². The van der Waals surface area contributed by atoms with Crippen molar-refractivity contribution in [1.29, 1.82) is 0 Å². The Balaban J connectivity index is 3.05. The minimum Gasteiger partial charge on any atom is -0.0991 e. The molecule has 0 amide bonds. The minimum atomic E-state index is 1.21. The summed E-state index contributed by atoms with van der Waals surface area (Å²) in [5.74, 6) is 0. The van der Waals surface area contributed by atoms with Crippen molar-refractivity contribution in [3.05, 3.63) is 43.4 Å². The third-order valence-electron chi connectivity index (χ3n) is 2.77. The Kier molecular flexibility index (Phi) is 14.5. The normalized spacial score (nSPS) is 11.6. The van der Waals surface area contributed by atoms with Gasteiger partial charge in [0.2, 0.25) is 0 Å². The van der Waals surface area contributed by atoms with Gasteiger partial charge >= 0.3 is 0 Å². The first-order valence-corrected chi connectivity index (χ1v) is 7.17. The van der Waals surface area contributed by atoms with Crippen LogP contribution in [0.2, 0.25) is 0 Å². The highest BCUT2D eigenvalue weighted by atomic mass is 14.0. The highest BCUT2D eigenvalue weighted by Crippen LogP contribution is 2.09. The highest BCUT2D eigenvalue weighted by Gasteiger charge is 1.90. The second kappa shape index (κ2) is 15.2. The molecule has 0 fully saturated rings. The molecule has 0 aliphatic heterocycles. The number of rotatable bonds is 12. The zero-order chi connectivity index (χ0) is 12.6. The van der Waals surface area contributed by atoms with Crippen molar-refractivity contribution in [3.63, 3.8) is 0 Å². The average Bonchev–Trinajstić information content (AvgIpc) is 2.35. The zero-order valence-electron chi connectivity index (χ0n) is 11.5. The Morgan fingerprint density at radius 1 is 0.765 bits per heavy atom. The summed E-state index contributed by atoms with van der Waals surface area (Å²) in [6.45, 7) is 5.88. The van der Waals surface area contributed by atoms with E-state index >= 15 is 0 Å². The molecule has 0 rings (SSSR count). The van der Waals surface area contributed by atoms with E-state index < -0.39 is 0 Å². The summed E-state index contributed by atoms with van der Waals surface area (Å²) >= 11 is 0. The fourth-order valence-electron chi connectivity index (χ4n) is 1.75. The van der Waals surface area contributed by atoms with E-state index in [1.165, 1.54) is 57.8 Å². The van der Waals surface area contributed by atoms with E-state index in [9.17, 15) is 0 Å². The van der Waals surface area contributed by atoms with Gasteiger partial charge in [0.15, 0.2) is 0 Å². The van der Waals surface area contributed by atoms with E-state index in [0.29, 0.717) is 0 Å². The van der Waals surface area contributed by atoms with Crippen LogP contribution in [0.3, 0.4) is 0 Å². The van der Waals surface area contributed by atoms with E-state index in [4.69, 9.17) is 0 Å². The lowest BCUT2D eigenvalue weighted by molar-refractivity contribution is 0.608. The van der Waals surface area contributed by atoms with Crippen molar-refractivity contribution in [2.75, 3.05) is 0 Å². The van der Waals surface area contributed by atoms with Crippen LogP contribution in [0.1, 0.15) is 64.7 Å². The molecule has 0 aromatic carbocycles. The smallest absolute Gasteiger partial charge is 0.0348 e. The van der Waals surface area contributed by atoms with Gasteiger partial charge in [-0.25, -0.2) is 0 Å². The van der Waals surface area contributed by atoms with Crippen molar-refractivity contribution >= 4 is 0 Å². The molecule has 0 saturated carbocycles. The molecule has 0 nitrogen and oxygen atoms in total. The number of allylic oxidation sites excluding steroid dienone is 5. The summed E-state index contributed by atoms with van der Waals surface area (Å²) < 4.78 is 0. The van der Waals surface area contributed by atoms with E-state index in [-0.39, 0.29) is 0 Å². The van der Waals surface area contributed by atoms with Gasteiger partial charge in [-0.1, -0.05) is 88.8 Å². The van der Waals surface area contributed by atoms with Gasteiger partial charge in [-0.05, 0) is 19.3 Å². The Hall–Kier alpha value is -0.780. The van der Waals surface area contributed by atoms with Crippen molar-refractivity contribution in [2.24, 2.45) is 0 Å². The van der Waals surface area contributed by atoms with Crippen molar-refractivity contribution in [1.82, 2.24) is 0 Å². The molecule has 0 unspecified atom stereocenters. The molecular weight excluding hydrogens is 204 g/mol. The van der Waals surface area contributed by atoms with Gasteiger partial charge in [0, 0.05) is 0 Å². The van der Waals surface area contributed by atoms with Crippen LogP contribution in [-0.4, -0.2) is 0 Å². The molecule has 0 aromatic heterocycles. The van der Waals surface area contributed by atoms with Gasteiger partial charge in [0.1, 0.15) is 0 Å². The molecule has 1 radical (unpaired) electrons. The SMILES string of the molecule is C=CC=CC=CCCCCCCC[CH]CCC. The molecule has 0 spiro atoms. The predicted molar refractivity (Wildman–Crippen MR) is 80.0 cm³/mol. The third-order valence-corrected chi connectivity index (χ3v) is 2.77. The fraction of sp³-hybridized carbons (Fsp3) is 0.588. The van der Waals surface area contributed by atoms with Crippen LogP contribution in [0.25, 0.3) is 0 Å². The van der Waals surface area contributed by atoms with Crippen LogP contribution in [0, 0.1) is 6.42 Å². The predicted octanol–water partition coefficient (Wildman–Crippen LogP) is 6.02. The second-order valence-corrected chi connectivity index (χ2v) is 4.47. The first-order chi connectivity index (χ1) is 8.41. The maximum atomic E-state index is 3.63. The van der Waals surface area contributed by atoms with Gasteiger partial charge in [-0.15, -0.1) is 0 Å². The summed E-state index contributed by atoms with van der Waals surface area (Å²) in [4.78, 5) is 0. The van der Waals surface area contributed by atoms with Crippen LogP contribution in [0.5, 0.6) is 0 Å². The number of hydrogen-bond acceptors (Lipinski definition) is 0. The molecule has 0 aromatic rings. The van der Waals surface area contributed by atoms with E-state index in [1.807, 2.05) is 12.2 Å². The number of hydrogen-bond donors (Lipinski definition) is 0. The van der Waals surface area contributed by atoms with Gasteiger partial charge in [0.05, 0.1) is 0 Å². The lowest BCUT2D eigenvalue weighted by Gasteiger charge is -2.00. The Morgan fingerprint density at radius 2 is 1.47 bits per heavy atom. The Morgan fingerprint density at radius 3 is 2.18 bits per heavy atom.